The number of unbranched alkanes of at least 4 members (excludes halogenated alkanes) is 3. The summed E-state index contributed by atoms with van der Waals surface area (Å²) < 4.78 is 1.29. The Kier molecular flexibility index (Phi) is 8.18. The molecule has 0 aromatic carbocycles. The van der Waals surface area contributed by atoms with Crippen LogP contribution in [0.5, 0.6) is 0 Å². The van der Waals surface area contributed by atoms with Crippen LogP contribution in [0.25, 0.3) is 0 Å². The summed E-state index contributed by atoms with van der Waals surface area (Å²) in [7, 11) is 0. The first-order valence-electron chi connectivity index (χ1n) is 6.69. The fraction of sp³-hybridized carbons (Fsp3) is 0.643. The van der Waals surface area contributed by atoms with E-state index in [2.05, 4.69) is 30.6 Å². The van der Waals surface area contributed by atoms with Crippen molar-refractivity contribution < 1.29 is 4.79 Å². The normalized spacial score (nSPS) is 12.3. The molecule has 1 rings (SSSR count). The Bertz CT molecular complexity index is 325. The van der Waals surface area contributed by atoms with E-state index in [1.807, 2.05) is 6.07 Å². The summed E-state index contributed by atoms with van der Waals surface area (Å²) in [5.74, 6) is 0.183. The van der Waals surface area contributed by atoms with Gasteiger partial charge < -0.3 is 5.32 Å². The van der Waals surface area contributed by atoms with Gasteiger partial charge in [0.1, 0.15) is 0 Å². The van der Waals surface area contributed by atoms with Gasteiger partial charge in [0, 0.05) is 18.2 Å². The Hall–Kier alpha value is -0.480. The molecule has 1 amide bonds. The number of carbonyl (C=O) groups excluding carboxylic acids is 1. The van der Waals surface area contributed by atoms with Gasteiger partial charge in [0.2, 0.25) is 5.91 Å². The third-order valence-electron chi connectivity index (χ3n) is 2.64. The molecule has 4 heteroatoms. The lowest BCUT2D eigenvalue weighted by molar-refractivity contribution is -0.121. The van der Waals surface area contributed by atoms with Crippen LogP contribution >= 0.6 is 23.1 Å². The molecule has 0 bridgehead atoms. The standard InChI is InChI=1S/C14H23NOS2/c1-3-4-5-6-9-15-13(16)11-12(2)18-14-8-7-10-17-14/h7-8,10,12H,3-6,9,11H2,1-2H3,(H,15,16)/t12-/m0/s1. The number of amides is 1. The molecule has 0 aliphatic rings. The molecule has 0 spiro atoms. The molecule has 18 heavy (non-hydrogen) atoms. The van der Waals surface area contributed by atoms with Crippen molar-refractivity contribution in [3.8, 4) is 0 Å². The van der Waals surface area contributed by atoms with Gasteiger partial charge in [-0.2, -0.15) is 0 Å². The van der Waals surface area contributed by atoms with E-state index in [0.717, 1.165) is 13.0 Å². The first-order valence-corrected chi connectivity index (χ1v) is 8.45. The molecule has 0 fully saturated rings. The van der Waals surface area contributed by atoms with Gasteiger partial charge in [-0.25, -0.2) is 0 Å². The Morgan fingerprint density at radius 1 is 1.44 bits per heavy atom. The van der Waals surface area contributed by atoms with E-state index in [9.17, 15) is 4.79 Å². The second-order valence-electron chi connectivity index (χ2n) is 4.48. The number of nitrogens with one attached hydrogen (secondary N) is 1. The van der Waals surface area contributed by atoms with Crippen LogP contribution in [0.2, 0.25) is 0 Å². The van der Waals surface area contributed by atoms with Gasteiger partial charge in [-0.15, -0.1) is 23.1 Å². The fourth-order valence-electron chi connectivity index (χ4n) is 1.68. The van der Waals surface area contributed by atoms with Crippen molar-refractivity contribution in [2.45, 2.75) is 55.4 Å². The number of hydrogen-bond acceptors (Lipinski definition) is 3. The predicted octanol–water partition coefficient (Wildman–Crippen LogP) is 4.32. The van der Waals surface area contributed by atoms with Crippen molar-refractivity contribution in [3.05, 3.63) is 17.5 Å². The molecule has 0 aliphatic carbocycles. The lowest BCUT2D eigenvalue weighted by atomic mass is 10.2. The van der Waals surface area contributed by atoms with Crippen molar-refractivity contribution in [1.29, 1.82) is 0 Å². The van der Waals surface area contributed by atoms with Crippen LogP contribution in [0.4, 0.5) is 0 Å². The van der Waals surface area contributed by atoms with Crippen molar-refractivity contribution in [2.24, 2.45) is 0 Å². The van der Waals surface area contributed by atoms with Gasteiger partial charge in [0.05, 0.1) is 4.21 Å². The van der Waals surface area contributed by atoms with Crippen molar-refractivity contribution >= 4 is 29.0 Å². The van der Waals surface area contributed by atoms with E-state index < -0.39 is 0 Å². The van der Waals surface area contributed by atoms with Crippen molar-refractivity contribution in [2.75, 3.05) is 6.54 Å². The fourth-order valence-corrected chi connectivity index (χ4v) is 3.80. The number of thiophene rings is 1. The van der Waals surface area contributed by atoms with Crippen LogP contribution in [-0.4, -0.2) is 17.7 Å². The van der Waals surface area contributed by atoms with Gasteiger partial charge in [-0.1, -0.05) is 39.2 Å². The molecule has 1 aromatic rings. The molecule has 1 atom stereocenters. The van der Waals surface area contributed by atoms with E-state index in [0.29, 0.717) is 11.7 Å². The highest BCUT2D eigenvalue weighted by Gasteiger charge is 2.10. The van der Waals surface area contributed by atoms with Gasteiger partial charge in [0.15, 0.2) is 0 Å². The molecular weight excluding hydrogens is 262 g/mol. The summed E-state index contributed by atoms with van der Waals surface area (Å²) >= 11 is 3.52. The van der Waals surface area contributed by atoms with E-state index >= 15 is 0 Å². The maximum absolute atomic E-state index is 11.7. The molecular formula is C14H23NOS2. The zero-order valence-electron chi connectivity index (χ0n) is 11.3. The molecule has 2 nitrogen and oxygen atoms in total. The number of rotatable bonds is 9. The molecule has 1 heterocycles. The van der Waals surface area contributed by atoms with Gasteiger partial charge >= 0.3 is 0 Å². The molecule has 0 aliphatic heterocycles. The third kappa shape index (κ3) is 7.07. The van der Waals surface area contributed by atoms with Gasteiger partial charge in [-0.05, 0) is 17.9 Å². The topological polar surface area (TPSA) is 29.1 Å². The quantitative estimate of drug-likeness (QED) is 0.541. The lowest BCUT2D eigenvalue weighted by Crippen LogP contribution is -2.26. The smallest absolute Gasteiger partial charge is 0.221 e. The Balaban J connectivity index is 2.08. The summed E-state index contributed by atoms with van der Waals surface area (Å²) in [6.45, 7) is 5.14. The summed E-state index contributed by atoms with van der Waals surface area (Å²) in [6.07, 6.45) is 5.43. The van der Waals surface area contributed by atoms with E-state index in [-0.39, 0.29) is 5.91 Å². The van der Waals surface area contributed by atoms with Crippen LogP contribution in [-0.2, 0) is 4.79 Å². The minimum absolute atomic E-state index is 0.183. The number of hydrogen-bond donors (Lipinski definition) is 1. The summed E-state index contributed by atoms with van der Waals surface area (Å²) in [4.78, 5) is 11.7. The molecule has 0 radical (unpaired) electrons. The van der Waals surface area contributed by atoms with E-state index in [1.54, 1.807) is 23.1 Å². The highest BCUT2D eigenvalue weighted by Crippen LogP contribution is 2.28. The van der Waals surface area contributed by atoms with Crippen LogP contribution in [0, 0.1) is 0 Å². The first kappa shape index (κ1) is 15.6. The molecule has 1 N–H and O–H groups in total. The Labute approximate surface area is 119 Å². The van der Waals surface area contributed by atoms with E-state index in [1.165, 1.54) is 23.5 Å². The predicted molar refractivity (Wildman–Crippen MR) is 81.4 cm³/mol. The first-order chi connectivity index (χ1) is 8.72. The Morgan fingerprint density at radius 3 is 2.94 bits per heavy atom. The molecule has 0 unspecified atom stereocenters. The van der Waals surface area contributed by atoms with Gasteiger partial charge in [-0.3, -0.25) is 4.79 Å². The van der Waals surface area contributed by atoms with Crippen molar-refractivity contribution in [3.63, 3.8) is 0 Å². The zero-order valence-corrected chi connectivity index (χ0v) is 12.9. The SMILES string of the molecule is CCCCCCNC(=O)C[C@H](C)Sc1cccs1. The molecule has 1 aromatic heterocycles. The molecule has 0 saturated carbocycles. The average Bonchev–Trinajstić information content (AvgIpc) is 2.81. The lowest BCUT2D eigenvalue weighted by Gasteiger charge is -2.10. The van der Waals surface area contributed by atoms with Crippen molar-refractivity contribution in [1.82, 2.24) is 5.32 Å². The summed E-state index contributed by atoms with van der Waals surface area (Å²) in [5.41, 5.74) is 0. The van der Waals surface area contributed by atoms with Gasteiger partial charge in [0.25, 0.3) is 0 Å². The Morgan fingerprint density at radius 2 is 2.28 bits per heavy atom. The maximum Gasteiger partial charge on any atom is 0.221 e. The minimum Gasteiger partial charge on any atom is -0.356 e. The second-order valence-corrected chi connectivity index (χ2v) is 7.16. The van der Waals surface area contributed by atoms with Crippen LogP contribution < -0.4 is 5.32 Å². The monoisotopic (exact) mass is 285 g/mol. The number of thioether (sulfide) groups is 1. The average molecular weight is 285 g/mol. The highest BCUT2D eigenvalue weighted by molar-refractivity contribution is 8.01. The minimum atomic E-state index is 0.183. The largest absolute Gasteiger partial charge is 0.356 e. The third-order valence-corrected chi connectivity index (χ3v) is 4.81. The maximum atomic E-state index is 11.7. The zero-order chi connectivity index (χ0) is 13.2. The number of carbonyl (C=O) groups is 1. The van der Waals surface area contributed by atoms with Crippen LogP contribution in [0.15, 0.2) is 21.7 Å². The van der Waals surface area contributed by atoms with Crippen LogP contribution in [0.1, 0.15) is 46.0 Å². The molecule has 0 saturated heterocycles. The molecule has 102 valence electrons. The highest BCUT2D eigenvalue weighted by atomic mass is 32.2. The summed E-state index contributed by atoms with van der Waals surface area (Å²) in [6, 6.07) is 4.15. The van der Waals surface area contributed by atoms with E-state index in [4.69, 9.17) is 0 Å². The summed E-state index contributed by atoms with van der Waals surface area (Å²) in [5, 5.41) is 5.42. The second kappa shape index (κ2) is 9.45. The van der Waals surface area contributed by atoms with Crippen LogP contribution in [0.3, 0.4) is 0 Å².